The van der Waals surface area contributed by atoms with E-state index in [-0.39, 0.29) is 12.2 Å². The maximum Gasteiger partial charge on any atom is 0.123 e. The second kappa shape index (κ2) is 6.04. The summed E-state index contributed by atoms with van der Waals surface area (Å²) in [5, 5.41) is 9.64. The summed E-state index contributed by atoms with van der Waals surface area (Å²) in [5.41, 5.74) is 1.31. The molecule has 2 aliphatic heterocycles. The van der Waals surface area contributed by atoms with Crippen LogP contribution in [0.3, 0.4) is 0 Å². The predicted molar refractivity (Wildman–Crippen MR) is 83.1 cm³/mol. The van der Waals surface area contributed by atoms with Gasteiger partial charge < -0.3 is 9.84 Å². The lowest BCUT2D eigenvalue weighted by molar-refractivity contribution is 0.0578. The van der Waals surface area contributed by atoms with Gasteiger partial charge in [0.1, 0.15) is 11.9 Å². The number of halogens is 1. The molecule has 0 amide bonds. The van der Waals surface area contributed by atoms with E-state index in [1.807, 2.05) is 13.0 Å². The quantitative estimate of drug-likeness (QED) is 0.919. The van der Waals surface area contributed by atoms with Gasteiger partial charge in [-0.3, -0.25) is 4.90 Å². The minimum atomic E-state index is -0.165. The molecule has 1 N–H and O–H groups in total. The SMILES string of the molecule is CC(O)C1CCN(CC2Cc3cc(Br)ccc3O2)CC1. The van der Waals surface area contributed by atoms with Crippen molar-refractivity contribution in [3.05, 3.63) is 28.2 Å². The van der Waals surface area contributed by atoms with Crippen LogP contribution in [0.25, 0.3) is 0 Å². The molecule has 0 saturated carbocycles. The van der Waals surface area contributed by atoms with Crippen molar-refractivity contribution < 1.29 is 9.84 Å². The summed E-state index contributed by atoms with van der Waals surface area (Å²) in [6.07, 6.45) is 3.32. The molecule has 0 aromatic heterocycles. The van der Waals surface area contributed by atoms with Crippen molar-refractivity contribution in [3.8, 4) is 5.75 Å². The molecule has 20 heavy (non-hydrogen) atoms. The predicted octanol–water partition coefficient (Wildman–Crippen LogP) is 2.85. The molecule has 0 spiro atoms. The largest absolute Gasteiger partial charge is 0.488 e. The summed E-state index contributed by atoms with van der Waals surface area (Å²) in [5.74, 6) is 1.51. The summed E-state index contributed by atoms with van der Waals surface area (Å²) in [4.78, 5) is 2.48. The van der Waals surface area contributed by atoms with Crippen LogP contribution in [0.4, 0.5) is 0 Å². The Morgan fingerprint density at radius 2 is 2.15 bits per heavy atom. The van der Waals surface area contributed by atoms with Crippen molar-refractivity contribution in [1.29, 1.82) is 0 Å². The zero-order valence-corrected chi connectivity index (χ0v) is 13.5. The highest BCUT2D eigenvalue weighted by atomic mass is 79.9. The van der Waals surface area contributed by atoms with Gasteiger partial charge in [-0.15, -0.1) is 0 Å². The Morgan fingerprint density at radius 3 is 2.85 bits per heavy atom. The van der Waals surface area contributed by atoms with Crippen molar-refractivity contribution in [1.82, 2.24) is 4.90 Å². The van der Waals surface area contributed by atoms with E-state index < -0.39 is 0 Å². The topological polar surface area (TPSA) is 32.7 Å². The maximum absolute atomic E-state index is 9.64. The van der Waals surface area contributed by atoms with E-state index in [2.05, 4.69) is 33.0 Å². The lowest BCUT2D eigenvalue weighted by Crippen LogP contribution is -2.42. The first-order valence-corrected chi connectivity index (χ1v) is 8.26. The summed E-state index contributed by atoms with van der Waals surface area (Å²) < 4.78 is 7.15. The molecular formula is C16H22BrNO2. The lowest BCUT2D eigenvalue weighted by atomic mass is 9.92. The monoisotopic (exact) mass is 339 g/mol. The number of likely N-dealkylation sites (tertiary alicyclic amines) is 1. The number of rotatable bonds is 3. The number of aliphatic hydroxyl groups excluding tert-OH is 1. The molecular weight excluding hydrogens is 318 g/mol. The average molecular weight is 340 g/mol. The van der Waals surface area contributed by atoms with Crippen LogP contribution in [-0.2, 0) is 6.42 Å². The molecule has 0 bridgehead atoms. The van der Waals surface area contributed by atoms with Crippen LogP contribution in [-0.4, -0.2) is 41.8 Å². The van der Waals surface area contributed by atoms with E-state index >= 15 is 0 Å². The molecule has 110 valence electrons. The molecule has 2 heterocycles. The highest BCUT2D eigenvalue weighted by Gasteiger charge is 2.28. The molecule has 3 rings (SSSR count). The number of ether oxygens (including phenoxy) is 1. The van der Waals surface area contributed by atoms with Gasteiger partial charge in [0.15, 0.2) is 0 Å². The number of nitrogens with zero attached hydrogens (tertiary/aromatic N) is 1. The first-order chi connectivity index (χ1) is 9.61. The fourth-order valence-electron chi connectivity index (χ4n) is 3.30. The molecule has 4 heteroatoms. The zero-order chi connectivity index (χ0) is 14.1. The third-order valence-corrected chi connectivity index (χ3v) is 5.03. The third-order valence-electron chi connectivity index (χ3n) is 4.54. The Morgan fingerprint density at radius 1 is 1.40 bits per heavy atom. The van der Waals surface area contributed by atoms with Gasteiger partial charge in [-0.25, -0.2) is 0 Å². The standard InChI is InChI=1S/C16H22BrNO2/c1-11(19)12-4-6-18(7-5-12)10-15-9-13-8-14(17)2-3-16(13)20-15/h2-3,8,11-12,15,19H,4-7,9-10H2,1H3. The molecule has 2 aliphatic rings. The average Bonchev–Trinajstić information content (AvgIpc) is 2.80. The molecule has 0 radical (unpaired) electrons. The number of fused-ring (bicyclic) bond motifs is 1. The van der Waals surface area contributed by atoms with Gasteiger partial charge in [0, 0.05) is 17.4 Å². The normalized spacial score (nSPS) is 25.2. The van der Waals surface area contributed by atoms with E-state index in [0.717, 1.165) is 49.1 Å². The Kier molecular flexibility index (Phi) is 4.34. The highest BCUT2D eigenvalue weighted by Crippen LogP contribution is 2.32. The van der Waals surface area contributed by atoms with Crippen LogP contribution in [0.1, 0.15) is 25.3 Å². The van der Waals surface area contributed by atoms with Crippen molar-refractivity contribution in [3.63, 3.8) is 0 Å². The van der Waals surface area contributed by atoms with E-state index in [0.29, 0.717) is 5.92 Å². The van der Waals surface area contributed by atoms with Crippen molar-refractivity contribution in [2.24, 2.45) is 5.92 Å². The van der Waals surface area contributed by atoms with Crippen molar-refractivity contribution >= 4 is 15.9 Å². The number of aliphatic hydroxyl groups is 1. The fourth-order valence-corrected chi connectivity index (χ4v) is 3.71. The molecule has 2 atom stereocenters. The third kappa shape index (κ3) is 3.18. The van der Waals surface area contributed by atoms with Gasteiger partial charge in [-0.05, 0) is 62.5 Å². The van der Waals surface area contributed by atoms with Gasteiger partial charge in [-0.1, -0.05) is 15.9 Å². The van der Waals surface area contributed by atoms with E-state index in [4.69, 9.17) is 4.74 Å². The number of piperidine rings is 1. The van der Waals surface area contributed by atoms with Gasteiger partial charge in [0.05, 0.1) is 6.10 Å². The van der Waals surface area contributed by atoms with Gasteiger partial charge in [-0.2, -0.15) is 0 Å². The minimum Gasteiger partial charge on any atom is -0.488 e. The summed E-state index contributed by atoms with van der Waals surface area (Å²) in [7, 11) is 0. The Balaban J connectivity index is 1.52. The highest BCUT2D eigenvalue weighted by molar-refractivity contribution is 9.10. The molecule has 1 aromatic rings. The van der Waals surface area contributed by atoms with E-state index in [1.54, 1.807) is 0 Å². The zero-order valence-electron chi connectivity index (χ0n) is 11.9. The second-order valence-corrected chi connectivity index (χ2v) is 6.99. The smallest absolute Gasteiger partial charge is 0.123 e. The van der Waals surface area contributed by atoms with Crippen molar-refractivity contribution in [2.45, 2.75) is 38.4 Å². The van der Waals surface area contributed by atoms with Crippen LogP contribution in [0, 0.1) is 5.92 Å². The first kappa shape index (κ1) is 14.4. The molecule has 1 aromatic carbocycles. The molecule has 1 fully saturated rings. The van der Waals surface area contributed by atoms with E-state index in [9.17, 15) is 5.11 Å². The van der Waals surface area contributed by atoms with Gasteiger partial charge >= 0.3 is 0 Å². The number of hydrogen-bond acceptors (Lipinski definition) is 3. The summed E-state index contributed by atoms with van der Waals surface area (Å²) in [6, 6.07) is 6.25. The van der Waals surface area contributed by atoms with Crippen LogP contribution in [0.5, 0.6) is 5.75 Å². The first-order valence-electron chi connectivity index (χ1n) is 7.47. The minimum absolute atomic E-state index is 0.165. The maximum atomic E-state index is 9.64. The summed E-state index contributed by atoms with van der Waals surface area (Å²) in [6.45, 7) is 5.07. The van der Waals surface area contributed by atoms with Gasteiger partial charge in [0.25, 0.3) is 0 Å². The van der Waals surface area contributed by atoms with Crippen LogP contribution in [0.2, 0.25) is 0 Å². The summed E-state index contributed by atoms with van der Waals surface area (Å²) >= 11 is 3.51. The van der Waals surface area contributed by atoms with Crippen LogP contribution >= 0.6 is 15.9 Å². The van der Waals surface area contributed by atoms with Crippen LogP contribution < -0.4 is 4.74 Å². The van der Waals surface area contributed by atoms with Crippen molar-refractivity contribution in [2.75, 3.05) is 19.6 Å². The molecule has 0 aliphatic carbocycles. The lowest BCUT2D eigenvalue weighted by Gasteiger charge is -2.34. The molecule has 2 unspecified atom stereocenters. The Bertz CT molecular complexity index is 470. The van der Waals surface area contributed by atoms with E-state index in [1.165, 1.54) is 5.56 Å². The van der Waals surface area contributed by atoms with Crippen LogP contribution in [0.15, 0.2) is 22.7 Å². The van der Waals surface area contributed by atoms with Gasteiger partial charge in [0.2, 0.25) is 0 Å². The molecule has 3 nitrogen and oxygen atoms in total. The number of hydrogen-bond donors (Lipinski definition) is 1. The second-order valence-electron chi connectivity index (χ2n) is 6.07. The Labute approximate surface area is 129 Å². The number of benzene rings is 1. The molecule has 1 saturated heterocycles. The Hall–Kier alpha value is -0.580. The fraction of sp³-hybridized carbons (Fsp3) is 0.625.